The van der Waals surface area contributed by atoms with E-state index < -0.39 is 24.0 Å². The van der Waals surface area contributed by atoms with E-state index in [2.05, 4.69) is 22.8 Å². The highest BCUT2D eigenvalue weighted by Gasteiger charge is 2.30. The first-order valence-electron chi connectivity index (χ1n) is 9.93. The molecule has 3 rings (SSSR count). The molecule has 0 aromatic heterocycles. The average Bonchev–Trinajstić information content (AvgIpc) is 3.04. The van der Waals surface area contributed by atoms with Crippen LogP contribution in [0.1, 0.15) is 37.3 Å². The van der Waals surface area contributed by atoms with E-state index in [9.17, 15) is 14.4 Å². The predicted octanol–water partition coefficient (Wildman–Crippen LogP) is 2.98. The minimum Gasteiger partial charge on any atom is -0.463 e. The summed E-state index contributed by atoms with van der Waals surface area (Å²) in [4.78, 5) is 36.4. The molecule has 2 aromatic carbocycles. The fourth-order valence-electron chi connectivity index (χ4n) is 3.64. The molecule has 0 spiro atoms. The number of hydrogen-bond acceptors (Lipinski definition) is 5. The molecule has 0 saturated heterocycles. The number of amides is 2. The first-order chi connectivity index (χ1) is 14.4. The molecule has 158 valence electrons. The van der Waals surface area contributed by atoms with Crippen molar-refractivity contribution < 1.29 is 23.9 Å². The van der Waals surface area contributed by atoms with E-state index in [0.29, 0.717) is 0 Å². The summed E-state index contributed by atoms with van der Waals surface area (Å²) in [6.45, 7) is 3.55. The second-order valence-corrected chi connectivity index (χ2v) is 7.38. The summed E-state index contributed by atoms with van der Waals surface area (Å²) >= 11 is 0. The largest absolute Gasteiger partial charge is 0.463 e. The van der Waals surface area contributed by atoms with E-state index in [1.165, 1.54) is 7.05 Å². The first-order valence-corrected chi connectivity index (χ1v) is 9.93. The highest BCUT2D eigenvalue weighted by atomic mass is 16.6. The quantitative estimate of drug-likeness (QED) is 0.685. The Balaban J connectivity index is 1.66. The molecular formula is C23H26N2O5. The summed E-state index contributed by atoms with van der Waals surface area (Å²) in [7, 11) is 1.43. The number of benzene rings is 2. The van der Waals surface area contributed by atoms with E-state index in [1.807, 2.05) is 36.4 Å². The molecule has 0 unspecified atom stereocenters. The first kappa shape index (κ1) is 21.4. The van der Waals surface area contributed by atoms with E-state index >= 15 is 0 Å². The Hall–Kier alpha value is -3.35. The number of carbonyl (C=O) groups is 3. The van der Waals surface area contributed by atoms with Crippen LogP contribution in [0.3, 0.4) is 0 Å². The van der Waals surface area contributed by atoms with Crippen LogP contribution in [0.15, 0.2) is 48.5 Å². The lowest BCUT2D eigenvalue weighted by molar-refractivity contribution is -0.149. The Morgan fingerprint density at radius 2 is 1.53 bits per heavy atom. The van der Waals surface area contributed by atoms with Gasteiger partial charge < -0.3 is 20.1 Å². The van der Waals surface area contributed by atoms with Crippen molar-refractivity contribution in [1.82, 2.24) is 10.6 Å². The summed E-state index contributed by atoms with van der Waals surface area (Å²) < 4.78 is 10.5. The van der Waals surface area contributed by atoms with E-state index in [0.717, 1.165) is 22.3 Å². The van der Waals surface area contributed by atoms with Crippen molar-refractivity contribution in [3.63, 3.8) is 0 Å². The molecule has 7 nitrogen and oxygen atoms in total. The van der Waals surface area contributed by atoms with E-state index in [-0.39, 0.29) is 25.0 Å². The predicted molar refractivity (Wildman–Crippen MR) is 112 cm³/mol. The number of ether oxygens (including phenoxy) is 2. The van der Waals surface area contributed by atoms with Gasteiger partial charge in [0.1, 0.15) is 12.6 Å². The number of esters is 1. The molecule has 30 heavy (non-hydrogen) atoms. The van der Waals surface area contributed by atoms with E-state index in [1.54, 1.807) is 13.8 Å². The van der Waals surface area contributed by atoms with Crippen molar-refractivity contribution in [2.45, 2.75) is 38.3 Å². The van der Waals surface area contributed by atoms with Crippen LogP contribution in [-0.2, 0) is 19.1 Å². The van der Waals surface area contributed by atoms with Crippen LogP contribution in [0.4, 0.5) is 4.79 Å². The highest BCUT2D eigenvalue weighted by Crippen LogP contribution is 2.44. The Morgan fingerprint density at radius 1 is 0.967 bits per heavy atom. The summed E-state index contributed by atoms with van der Waals surface area (Å²) in [6.07, 6.45) is -1.35. The molecule has 7 heteroatoms. The maximum absolute atomic E-state index is 12.4. The molecule has 0 saturated carbocycles. The third-order valence-electron chi connectivity index (χ3n) is 4.94. The number of likely N-dealkylation sites (N-methyl/N-ethyl adjacent to an activating group) is 1. The van der Waals surface area contributed by atoms with Crippen molar-refractivity contribution in [3.8, 4) is 11.1 Å². The number of rotatable bonds is 7. The summed E-state index contributed by atoms with van der Waals surface area (Å²) in [5.41, 5.74) is 4.44. The molecule has 0 aliphatic heterocycles. The van der Waals surface area contributed by atoms with E-state index in [4.69, 9.17) is 9.47 Å². The molecule has 0 bridgehead atoms. The van der Waals surface area contributed by atoms with Crippen LogP contribution in [0, 0.1) is 0 Å². The van der Waals surface area contributed by atoms with Gasteiger partial charge in [-0.1, -0.05) is 48.5 Å². The average molecular weight is 410 g/mol. The van der Waals surface area contributed by atoms with Gasteiger partial charge in [-0.15, -0.1) is 0 Å². The van der Waals surface area contributed by atoms with Crippen LogP contribution < -0.4 is 10.6 Å². The van der Waals surface area contributed by atoms with Gasteiger partial charge >= 0.3 is 12.1 Å². The molecule has 0 heterocycles. The van der Waals surface area contributed by atoms with Gasteiger partial charge in [0.15, 0.2) is 0 Å². The monoisotopic (exact) mass is 410 g/mol. The number of alkyl carbamates (subject to hydrolysis) is 1. The van der Waals surface area contributed by atoms with Gasteiger partial charge in [0.2, 0.25) is 5.91 Å². The van der Waals surface area contributed by atoms with Gasteiger partial charge in [-0.3, -0.25) is 9.59 Å². The highest BCUT2D eigenvalue weighted by molar-refractivity contribution is 5.89. The van der Waals surface area contributed by atoms with Crippen molar-refractivity contribution in [2.75, 3.05) is 13.7 Å². The molecule has 2 N–H and O–H groups in total. The third kappa shape index (κ3) is 4.79. The molecule has 1 aliphatic rings. The van der Waals surface area contributed by atoms with Crippen molar-refractivity contribution in [2.24, 2.45) is 0 Å². The molecule has 1 aliphatic carbocycles. The van der Waals surface area contributed by atoms with Crippen molar-refractivity contribution in [3.05, 3.63) is 59.7 Å². The fraction of sp³-hybridized carbons (Fsp3) is 0.348. The van der Waals surface area contributed by atoms with Crippen molar-refractivity contribution in [1.29, 1.82) is 0 Å². The maximum Gasteiger partial charge on any atom is 0.407 e. The molecule has 2 amide bonds. The van der Waals surface area contributed by atoms with Gasteiger partial charge in [0.25, 0.3) is 0 Å². The smallest absolute Gasteiger partial charge is 0.407 e. The summed E-state index contributed by atoms with van der Waals surface area (Å²) in [6, 6.07) is 15.0. The Bertz CT molecular complexity index is 895. The van der Waals surface area contributed by atoms with Crippen LogP contribution in [0.25, 0.3) is 11.1 Å². The summed E-state index contributed by atoms with van der Waals surface area (Å²) in [5, 5.41) is 4.91. The molecule has 1 atom stereocenters. The lowest BCUT2D eigenvalue weighted by Crippen LogP contribution is -2.47. The Kier molecular flexibility index (Phi) is 6.72. The molecule has 0 radical (unpaired) electrons. The van der Waals surface area contributed by atoms with Crippen LogP contribution in [0.2, 0.25) is 0 Å². The van der Waals surface area contributed by atoms with Crippen LogP contribution in [0.5, 0.6) is 0 Å². The standard InChI is InChI=1S/C23H26N2O5/c1-14(2)30-21(26)12-20(22(27)24-3)25-23(28)29-13-19-17-10-6-4-8-15(17)16-9-5-7-11-18(16)19/h4-11,14,19-20H,12-13H2,1-3H3,(H,24,27)(H,25,28)/t20-/m1/s1. The fourth-order valence-corrected chi connectivity index (χ4v) is 3.64. The molecule has 0 fully saturated rings. The molecular weight excluding hydrogens is 384 g/mol. The second-order valence-electron chi connectivity index (χ2n) is 7.38. The zero-order valence-electron chi connectivity index (χ0n) is 17.3. The SMILES string of the molecule is CNC(=O)[C@@H](CC(=O)OC(C)C)NC(=O)OCC1c2ccccc2-c2ccccc21. The normalized spacial score (nSPS) is 13.2. The minimum atomic E-state index is -1.07. The zero-order chi connectivity index (χ0) is 21.7. The topological polar surface area (TPSA) is 93.7 Å². The second kappa shape index (κ2) is 9.43. The van der Waals surface area contributed by atoms with Gasteiger partial charge in [0.05, 0.1) is 12.5 Å². The lowest BCUT2D eigenvalue weighted by atomic mass is 9.98. The van der Waals surface area contributed by atoms with Crippen LogP contribution in [-0.4, -0.2) is 43.8 Å². The molecule has 2 aromatic rings. The third-order valence-corrected chi connectivity index (χ3v) is 4.94. The van der Waals surface area contributed by atoms with Crippen molar-refractivity contribution >= 4 is 18.0 Å². The lowest BCUT2D eigenvalue weighted by Gasteiger charge is -2.19. The number of fused-ring (bicyclic) bond motifs is 3. The van der Waals surface area contributed by atoms with Gasteiger partial charge in [-0.2, -0.15) is 0 Å². The number of hydrogen-bond donors (Lipinski definition) is 2. The minimum absolute atomic E-state index is 0.0903. The summed E-state index contributed by atoms with van der Waals surface area (Å²) in [5.74, 6) is -1.16. The Morgan fingerprint density at radius 3 is 2.07 bits per heavy atom. The van der Waals surface area contributed by atoms with Gasteiger partial charge in [-0.05, 0) is 36.1 Å². The number of carbonyl (C=O) groups excluding carboxylic acids is 3. The maximum atomic E-state index is 12.4. The zero-order valence-corrected chi connectivity index (χ0v) is 17.3. The Labute approximate surface area is 175 Å². The van der Waals surface area contributed by atoms with Gasteiger partial charge in [0, 0.05) is 13.0 Å². The van der Waals surface area contributed by atoms with Crippen LogP contribution >= 0.6 is 0 Å². The number of nitrogens with one attached hydrogen (secondary N) is 2. The van der Waals surface area contributed by atoms with Gasteiger partial charge in [-0.25, -0.2) is 4.79 Å².